The largest absolute Gasteiger partial charge is 0.492 e. The molecule has 8 heteroatoms. The normalized spacial score (nSPS) is 20.5. The molecule has 1 aromatic rings. The molecule has 1 atom stereocenters. The third-order valence-corrected chi connectivity index (χ3v) is 5.40. The van der Waals surface area contributed by atoms with Crippen molar-refractivity contribution in [2.75, 3.05) is 59.1 Å². The van der Waals surface area contributed by atoms with Crippen molar-refractivity contribution in [1.29, 1.82) is 0 Å². The second-order valence-corrected chi connectivity index (χ2v) is 7.56. The summed E-state index contributed by atoms with van der Waals surface area (Å²) in [5, 5.41) is 2.99. The van der Waals surface area contributed by atoms with Gasteiger partial charge in [0.25, 0.3) is 0 Å². The van der Waals surface area contributed by atoms with Crippen molar-refractivity contribution in [3.8, 4) is 5.75 Å². The molecule has 2 saturated heterocycles. The van der Waals surface area contributed by atoms with E-state index in [1.807, 2.05) is 17.0 Å². The number of likely N-dealkylation sites (tertiary alicyclic amines) is 1. The van der Waals surface area contributed by atoms with Crippen LogP contribution in [0.2, 0.25) is 0 Å². The first-order chi connectivity index (χ1) is 14.2. The SMILES string of the molecule is O=C(NCCCOc1cccnc1)[C@@H]1CCC(=O)N(CCCN2CCOCC2)C1. The summed E-state index contributed by atoms with van der Waals surface area (Å²) in [4.78, 5) is 32.9. The molecule has 2 aliphatic heterocycles. The minimum Gasteiger partial charge on any atom is -0.492 e. The molecule has 0 spiro atoms. The summed E-state index contributed by atoms with van der Waals surface area (Å²) in [7, 11) is 0. The van der Waals surface area contributed by atoms with Crippen LogP contribution in [0.5, 0.6) is 5.75 Å². The maximum absolute atomic E-state index is 12.5. The number of hydrogen-bond acceptors (Lipinski definition) is 6. The first kappa shape index (κ1) is 21.5. The average molecular weight is 405 g/mol. The van der Waals surface area contributed by atoms with Gasteiger partial charge in [-0.25, -0.2) is 0 Å². The van der Waals surface area contributed by atoms with E-state index in [0.717, 1.165) is 58.0 Å². The summed E-state index contributed by atoms with van der Waals surface area (Å²) in [6.07, 6.45) is 6.14. The Morgan fingerprint density at radius 1 is 1.28 bits per heavy atom. The predicted octanol–water partition coefficient (Wildman–Crippen LogP) is 0.928. The number of carbonyl (C=O) groups is 2. The Kier molecular flexibility index (Phi) is 8.70. The van der Waals surface area contributed by atoms with Gasteiger partial charge in [0.15, 0.2) is 0 Å². The molecule has 8 nitrogen and oxygen atoms in total. The maximum Gasteiger partial charge on any atom is 0.224 e. The van der Waals surface area contributed by atoms with Gasteiger partial charge in [-0.15, -0.1) is 0 Å². The van der Waals surface area contributed by atoms with Crippen LogP contribution in [0.3, 0.4) is 0 Å². The Bertz CT molecular complexity index is 637. The molecule has 3 rings (SSSR count). The number of rotatable bonds is 10. The fraction of sp³-hybridized carbons (Fsp3) is 0.667. The molecule has 0 saturated carbocycles. The average Bonchev–Trinajstić information content (AvgIpc) is 2.76. The number of nitrogens with one attached hydrogen (secondary N) is 1. The number of hydrogen-bond donors (Lipinski definition) is 1. The van der Waals surface area contributed by atoms with Gasteiger partial charge >= 0.3 is 0 Å². The summed E-state index contributed by atoms with van der Waals surface area (Å²) in [6, 6.07) is 3.69. The molecule has 2 aliphatic rings. The van der Waals surface area contributed by atoms with Crippen molar-refractivity contribution >= 4 is 11.8 Å². The molecule has 3 heterocycles. The van der Waals surface area contributed by atoms with Crippen molar-refractivity contribution in [1.82, 2.24) is 20.1 Å². The van der Waals surface area contributed by atoms with E-state index in [2.05, 4.69) is 15.2 Å². The zero-order valence-corrected chi connectivity index (χ0v) is 17.1. The molecular weight excluding hydrogens is 372 g/mol. The van der Waals surface area contributed by atoms with Gasteiger partial charge in [-0.2, -0.15) is 0 Å². The van der Waals surface area contributed by atoms with Crippen LogP contribution in [0, 0.1) is 5.92 Å². The van der Waals surface area contributed by atoms with Gasteiger partial charge in [-0.3, -0.25) is 19.5 Å². The highest BCUT2D eigenvalue weighted by Crippen LogP contribution is 2.18. The Hall–Kier alpha value is -2.19. The standard InChI is InChI=1S/C21H32N4O4/c26-20-6-5-18(17-25(20)10-3-9-24-11-14-28-15-12-24)21(27)23-8-2-13-29-19-4-1-7-22-16-19/h1,4,7,16,18H,2-3,5-6,8-15,17H2,(H,23,27)/t18-/m1/s1. The van der Waals surface area contributed by atoms with Crippen LogP contribution in [-0.4, -0.2) is 85.7 Å². The lowest BCUT2D eigenvalue weighted by atomic mass is 9.96. The minimum absolute atomic E-state index is 0.0389. The van der Waals surface area contributed by atoms with Crippen molar-refractivity contribution in [3.05, 3.63) is 24.5 Å². The van der Waals surface area contributed by atoms with E-state index in [4.69, 9.17) is 9.47 Å². The van der Waals surface area contributed by atoms with Gasteiger partial charge in [0.2, 0.25) is 11.8 Å². The van der Waals surface area contributed by atoms with E-state index >= 15 is 0 Å². The number of amides is 2. The second-order valence-electron chi connectivity index (χ2n) is 7.56. The molecule has 0 unspecified atom stereocenters. The number of pyridine rings is 1. The van der Waals surface area contributed by atoms with E-state index in [1.165, 1.54) is 0 Å². The zero-order chi connectivity index (χ0) is 20.3. The fourth-order valence-electron chi connectivity index (χ4n) is 3.71. The summed E-state index contributed by atoms with van der Waals surface area (Å²) in [6.45, 7) is 6.83. The maximum atomic E-state index is 12.5. The number of nitrogens with zero attached hydrogens (tertiary/aromatic N) is 3. The van der Waals surface area contributed by atoms with Gasteiger partial charge in [0, 0.05) is 51.9 Å². The first-order valence-electron chi connectivity index (χ1n) is 10.6. The van der Waals surface area contributed by atoms with Gasteiger partial charge in [0.05, 0.1) is 31.9 Å². The van der Waals surface area contributed by atoms with Crippen LogP contribution >= 0.6 is 0 Å². The monoisotopic (exact) mass is 404 g/mol. The fourth-order valence-corrected chi connectivity index (χ4v) is 3.71. The molecular formula is C21H32N4O4. The van der Waals surface area contributed by atoms with Crippen LogP contribution in [-0.2, 0) is 14.3 Å². The quantitative estimate of drug-likeness (QED) is 0.584. The molecule has 0 aromatic carbocycles. The van der Waals surface area contributed by atoms with Gasteiger partial charge in [-0.05, 0) is 31.4 Å². The van der Waals surface area contributed by atoms with Crippen LogP contribution in [0.25, 0.3) is 0 Å². The van der Waals surface area contributed by atoms with Crippen LogP contribution in [0.1, 0.15) is 25.7 Å². The number of carbonyl (C=O) groups excluding carboxylic acids is 2. The van der Waals surface area contributed by atoms with Crippen molar-refractivity contribution in [2.24, 2.45) is 5.92 Å². The lowest BCUT2D eigenvalue weighted by molar-refractivity contribution is -0.138. The van der Waals surface area contributed by atoms with Gasteiger partial charge < -0.3 is 19.7 Å². The highest BCUT2D eigenvalue weighted by Gasteiger charge is 2.29. The summed E-state index contributed by atoms with van der Waals surface area (Å²) < 4.78 is 10.9. The van der Waals surface area contributed by atoms with Crippen LogP contribution in [0.15, 0.2) is 24.5 Å². The lowest BCUT2D eigenvalue weighted by Gasteiger charge is -2.33. The van der Waals surface area contributed by atoms with Crippen LogP contribution in [0.4, 0.5) is 0 Å². The molecule has 2 amide bonds. The van der Waals surface area contributed by atoms with Crippen LogP contribution < -0.4 is 10.1 Å². The van der Waals surface area contributed by atoms with E-state index in [-0.39, 0.29) is 17.7 Å². The number of ether oxygens (including phenoxy) is 2. The molecule has 0 aliphatic carbocycles. The lowest BCUT2D eigenvalue weighted by Crippen LogP contribution is -2.47. The first-order valence-corrected chi connectivity index (χ1v) is 10.6. The molecule has 0 bridgehead atoms. The van der Waals surface area contributed by atoms with Gasteiger partial charge in [-0.1, -0.05) is 0 Å². The van der Waals surface area contributed by atoms with E-state index in [0.29, 0.717) is 32.5 Å². The van der Waals surface area contributed by atoms with E-state index < -0.39 is 0 Å². The zero-order valence-electron chi connectivity index (χ0n) is 17.1. The number of aromatic nitrogens is 1. The number of morpholine rings is 1. The molecule has 0 radical (unpaired) electrons. The molecule has 29 heavy (non-hydrogen) atoms. The molecule has 2 fully saturated rings. The molecule has 1 N–H and O–H groups in total. The van der Waals surface area contributed by atoms with Crippen molar-refractivity contribution in [2.45, 2.75) is 25.7 Å². The Balaban J connectivity index is 1.30. The van der Waals surface area contributed by atoms with E-state index in [9.17, 15) is 9.59 Å². The summed E-state index contributed by atoms with van der Waals surface area (Å²) in [5.41, 5.74) is 0. The summed E-state index contributed by atoms with van der Waals surface area (Å²) in [5.74, 6) is 0.825. The Morgan fingerprint density at radius 3 is 2.93 bits per heavy atom. The van der Waals surface area contributed by atoms with E-state index in [1.54, 1.807) is 12.4 Å². The van der Waals surface area contributed by atoms with Crippen molar-refractivity contribution < 1.29 is 19.1 Å². The number of piperidine rings is 1. The second kappa shape index (κ2) is 11.7. The predicted molar refractivity (Wildman–Crippen MR) is 109 cm³/mol. The highest BCUT2D eigenvalue weighted by molar-refractivity contribution is 5.83. The molecule has 1 aromatic heterocycles. The van der Waals surface area contributed by atoms with Crippen molar-refractivity contribution in [3.63, 3.8) is 0 Å². The topological polar surface area (TPSA) is 84.0 Å². The Labute approximate surface area is 172 Å². The highest BCUT2D eigenvalue weighted by atomic mass is 16.5. The van der Waals surface area contributed by atoms with Gasteiger partial charge in [0.1, 0.15) is 5.75 Å². The minimum atomic E-state index is -0.115. The molecule has 160 valence electrons. The third-order valence-electron chi connectivity index (χ3n) is 5.40. The Morgan fingerprint density at radius 2 is 2.14 bits per heavy atom. The third kappa shape index (κ3) is 7.29. The summed E-state index contributed by atoms with van der Waals surface area (Å²) >= 11 is 0. The smallest absolute Gasteiger partial charge is 0.224 e.